The second kappa shape index (κ2) is 9.04. The van der Waals surface area contributed by atoms with E-state index in [4.69, 9.17) is 14.2 Å². The number of carbonyl (C=O) groups is 2. The summed E-state index contributed by atoms with van der Waals surface area (Å²) in [6, 6.07) is 8.24. The molecule has 35 heavy (non-hydrogen) atoms. The van der Waals surface area contributed by atoms with E-state index in [1.54, 1.807) is 38.1 Å². The summed E-state index contributed by atoms with van der Waals surface area (Å²) in [7, 11) is -3.88. The maximum atomic E-state index is 13.5. The number of hydrogen-bond acceptors (Lipinski definition) is 7. The van der Waals surface area contributed by atoms with Crippen LogP contribution < -0.4 is 24.8 Å². The first-order valence-electron chi connectivity index (χ1n) is 11.6. The number of rotatable bonds is 4. The van der Waals surface area contributed by atoms with E-state index in [0.29, 0.717) is 66.8 Å². The quantitative estimate of drug-likeness (QED) is 0.660. The molecule has 3 aliphatic heterocycles. The molecule has 2 N–H and O–H groups in total. The van der Waals surface area contributed by atoms with Gasteiger partial charge in [0.1, 0.15) is 19.0 Å². The lowest BCUT2D eigenvalue weighted by atomic mass is 9.98. The van der Waals surface area contributed by atoms with Crippen molar-refractivity contribution < 1.29 is 32.2 Å². The van der Waals surface area contributed by atoms with Crippen LogP contribution in [-0.4, -0.2) is 56.9 Å². The van der Waals surface area contributed by atoms with Crippen molar-refractivity contribution in [1.29, 1.82) is 0 Å². The van der Waals surface area contributed by atoms with Gasteiger partial charge in [-0.2, -0.15) is 4.31 Å². The predicted octanol–water partition coefficient (Wildman–Crippen LogP) is 2.53. The zero-order valence-electron chi connectivity index (χ0n) is 19.5. The Morgan fingerprint density at radius 3 is 2.69 bits per heavy atom. The molecule has 2 unspecified atom stereocenters. The molecule has 0 radical (unpaired) electrons. The first-order valence-corrected chi connectivity index (χ1v) is 13.0. The molecule has 2 aromatic carbocycles. The summed E-state index contributed by atoms with van der Waals surface area (Å²) in [6.45, 7) is 4.59. The number of sulfonamides is 1. The number of fused-ring (bicyclic) bond motifs is 2. The van der Waals surface area contributed by atoms with Crippen molar-refractivity contribution >= 4 is 33.2 Å². The molecule has 2 atom stereocenters. The van der Waals surface area contributed by atoms with Crippen molar-refractivity contribution in [2.75, 3.05) is 36.9 Å². The number of carbonyl (C=O) groups excluding carboxylic acids is 2. The molecule has 0 bridgehead atoms. The van der Waals surface area contributed by atoms with E-state index in [2.05, 4.69) is 10.6 Å². The average Bonchev–Trinajstić information content (AvgIpc) is 2.84. The lowest BCUT2D eigenvalue weighted by Crippen LogP contribution is -2.44. The minimum Gasteiger partial charge on any atom is -0.486 e. The number of piperidine rings is 1. The van der Waals surface area contributed by atoms with Gasteiger partial charge in [0, 0.05) is 30.9 Å². The highest BCUT2D eigenvalue weighted by molar-refractivity contribution is 7.89. The molecule has 186 valence electrons. The molecular formula is C24H27N3O7S. The van der Waals surface area contributed by atoms with Crippen molar-refractivity contribution in [1.82, 2.24) is 4.31 Å². The fourth-order valence-electron chi connectivity index (χ4n) is 4.50. The number of nitrogens with zero attached hydrogens (tertiary/aromatic N) is 1. The van der Waals surface area contributed by atoms with Gasteiger partial charge in [-0.25, -0.2) is 8.42 Å². The topological polar surface area (TPSA) is 123 Å². The summed E-state index contributed by atoms with van der Waals surface area (Å²) in [6.07, 6.45) is 0.425. The number of benzene rings is 2. The van der Waals surface area contributed by atoms with E-state index in [1.165, 1.54) is 10.4 Å². The molecule has 1 saturated heterocycles. The van der Waals surface area contributed by atoms with E-state index in [-0.39, 0.29) is 23.3 Å². The fraction of sp³-hybridized carbons (Fsp3) is 0.417. The molecule has 1 fully saturated rings. The van der Waals surface area contributed by atoms with Crippen LogP contribution in [0.15, 0.2) is 35.2 Å². The number of aryl methyl sites for hydroxylation is 1. The summed E-state index contributed by atoms with van der Waals surface area (Å²) in [5.41, 5.74) is 1.50. The van der Waals surface area contributed by atoms with Crippen LogP contribution >= 0.6 is 0 Å². The summed E-state index contributed by atoms with van der Waals surface area (Å²) in [5, 5.41) is 5.61. The molecule has 3 aliphatic rings. The second-order valence-electron chi connectivity index (χ2n) is 8.91. The monoisotopic (exact) mass is 501 g/mol. The van der Waals surface area contributed by atoms with Gasteiger partial charge in [-0.3, -0.25) is 9.59 Å². The zero-order chi connectivity index (χ0) is 24.7. The van der Waals surface area contributed by atoms with Gasteiger partial charge in [-0.1, -0.05) is 0 Å². The summed E-state index contributed by atoms with van der Waals surface area (Å²) >= 11 is 0. The molecule has 0 spiro atoms. The lowest BCUT2D eigenvalue weighted by molar-refractivity contribution is -0.123. The van der Waals surface area contributed by atoms with Gasteiger partial charge in [-0.15, -0.1) is 0 Å². The lowest BCUT2D eigenvalue weighted by Gasteiger charge is -2.32. The van der Waals surface area contributed by atoms with Gasteiger partial charge in [0.25, 0.3) is 5.91 Å². The van der Waals surface area contributed by atoms with E-state index in [1.807, 2.05) is 0 Å². The Labute approximate surface area is 203 Å². The first-order chi connectivity index (χ1) is 16.7. The minimum atomic E-state index is -3.88. The Hall–Kier alpha value is -3.31. The van der Waals surface area contributed by atoms with Crippen LogP contribution in [0.4, 0.5) is 11.4 Å². The molecule has 0 aromatic heterocycles. The molecule has 3 heterocycles. The van der Waals surface area contributed by atoms with E-state index in [9.17, 15) is 18.0 Å². The van der Waals surface area contributed by atoms with Crippen LogP contribution in [0.1, 0.15) is 25.3 Å². The van der Waals surface area contributed by atoms with Crippen LogP contribution in [0.25, 0.3) is 0 Å². The molecule has 0 saturated carbocycles. The van der Waals surface area contributed by atoms with Crippen LogP contribution in [0.5, 0.6) is 17.2 Å². The standard InChI is InChI=1S/C24H27N3O7S/c1-14-10-18-20(34-15(2)23(28)26-18)12-22(14)35(30,31)27-7-3-4-16(13-27)24(29)25-17-5-6-19-21(11-17)33-9-8-32-19/h5-6,10-12,15-16H,3-4,7-9,13H2,1-2H3,(H,25,29)(H,26,28). The van der Waals surface area contributed by atoms with Gasteiger partial charge in [0.15, 0.2) is 17.6 Å². The smallest absolute Gasteiger partial charge is 0.265 e. The average molecular weight is 502 g/mol. The third kappa shape index (κ3) is 4.53. The Balaban J connectivity index is 1.32. The Kier molecular flexibility index (Phi) is 6.06. The Morgan fingerprint density at radius 2 is 1.89 bits per heavy atom. The number of anilines is 2. The highest BCUT2D eigenvalue weighted by Gasteiger charge is 2.35. The van der Waals surface area contributed by atoms with Crippen molar-refractivity contribution in [2.45, 2.75) is 37.7 Å². The van der Waals surface area contributed by atoms with Crippen molar-refractivity contribution in [3.05, 3.63) is 35.9 Å². The number of amides is 2. The van der Waals surface area contributed by atoms with Crippen LogP contribution in [0.3, 0.4) is 0 Å². The van der Waals surface area contributed by atoms with Crippen molar-refractivity contribution in [3.8, 4) is 17.2 Å². The van der Waals surface area contributed by atoms with Gasteiger partial charge in [0.2, 0.25) is 15.9 Å². The molecule has 0 aliphatic carbocycles. The third-order valence-electron chi connectivity index (χ3n) is 6.39. The highest BCUT2D eigenvalue weighted by Crippen LogP contribution is 2.37. The first kappa shape index (κ1) is 23.4. The number of ether oxygens (including phenoxy) is 3. The van der Waals surface area contributed by atoms with Crippen LogP contribution in [0.2, 0.25) is 0 Å². The van der Waals surface area contributed by atoms with Gasteiger partial charge in [-0.05, 0) is 50.5 Å². The fourth-order valence-corrected chi connectivity index (χ4v) is 6.25. The highest BCUT2D eigenvalue weighted by atomic mass is 32.2. The van der Waals surface area contributed by atoms with Crippen molar-refractivity contribution in [3.63, 3.8) is 0 Å². The second-order valence-corrected chi connectivity index (χ2v) is 10.8. The summed E-state index contributed by atoms with van der Waals surface area (Å²) in [4.78, 5) is 25.0. The zero-order valence-corrected chi connectivity index (χ0v) is 20.3. The number of hydrogen-bond donors (Lipinski definition) is 2. The maximum Gasteiger partial charge on any atom is 0.265 e. The minimum absolute atomic E-state index is 0.0727. The maximum absolute atomic E-state index is 13.5. The predicted molar refractivity (Wildman–Crippen MR) is 127 cm³/mol. The Morgan fingerprint density at radius 1 is 1.11 bits per heavy atom. The SMILES string of the molecule is Cc1cc2c(cc1S(=O)(=O)N1CCCC(C(=O)Nc3ccc4c(c3)OCCO4)C1)OC(C)C(=O)N2. The molecule has 5 rings (SSSR count). The molecule has 11 heteroatoms. The largest absolute Gasteiger partial charge is 0.486 e. The Bertz CT molecular complexity index is 1290. The van der Waals surface area contributed by atoms with Crippen molar-refractivity contribution in [2.24, 2.45) is 5.92 Å². The normalized spacial score (nSPS) is 21.9. The molecular weight excluding hydrogens is 474 g/mol. The molecule has 2 aromatic rings. The van der Waals surface area contributed by atoms with E-state index in [0.717, 1.165) is 0 Å². The van der Waals surface area contributed by atoms with Crippen LogP contribution in [-0.2, 0) is 19.6 Å². The third-order valence-corrected chi connectivity index (χ3v) is 8.40. The van der Waals surface area contributed by atoms with Gasteiger partial charge >= 0.3 is 0 Å². The summed E-state index contributed by atoms with van der Waals surface area (Å²) < 4.78 is 45.1. The van der Waals surface area contributed by atoms with E-state index >= 15 is 0 Å². The number of nitrogens with one attached hydrogen (secondary N) is 2. The molecule has 2 amide bonds. The van der Waals surface area contributed by atoms with Crippen LogP contribution in [0, 0.1) is 12.8 Å². The summed E-state index contributed by atoms with van der Waals surface area (Å²) in [5.74, 6) is 0.477. The van der Waals surface area contributed by atoms with E-state index < -0.39 is 22.0 Å². The molecule has 10 nitrogen and oxygen atoms in total. The van der Waals surface area contributed by atoms with Gasteiger partial charge < -0.3 is 24.8 Å². The van der Waals surface area contributed by atoms with Gasteiger partial charge in [0.05, 0.1) is 16.5 Å².